The van der Waals surface area contributed by atoms with E-state index < -0.39 is 11.5 Å². The van der Waals surface area contributed by atoms with Gasteiger partial charge in [-0.15, -0.1) is 0 Å². The highest BCUT2D eigenvalue weighted by Crippen LogP contribution is 2.34. The molecule has 126 valence electrons. The highest BCUT2D eigenvalue weighted by atomic mass is 16.4. The van der Waals surface area contributed by atoms with Crippen LogP contribution in [-0.2, 0) is 4.79 Å². The number of aliphatic carboxylic acids is 1. The summed E-state index contributed by atoms with van der Waals surface area (Å²) in [6.07, 6.45) is 3.51. The van der Waals surface area contributed by atoms with E-state index in [1.165, 1.54) is 11.8 Å². The number of aromatic nitrogens is 1. The molecular formula is C17H24N2O4. The standard InChI is InChI=1S/C17H24N2O4/c1-10-13(12(3)20)11(2)18-14(10)15(21)19(4)17(16(22)23)8-6-5-7-9-17/h18H,5-9H2,1-4H3,(H,22,23). The van der Waals surface area contributed by atoms with Gasteiger partial charge in [-0.25, -0.2) is 4.79 Å². The van der Waals surface area contributed by atoms with Gasteiger partial charge in [-0.3, -0.25) is 9.59 Å². The monoisotopic (exact) mass is 320 g/mol. The molecule has 0 saturated heterocycles. The van der Waals surface area contributed by atoms with Gasteiger partial charge in [0.05, 0.1) is 0 Å². The van der Waals surface area contributed by atoms with Crippen LogP contribution in [0.5, 0.6) is 0 Å². The highest BCUT2D eigenvalue weighted by Gasteiger charge is 2.46. The summed E-state index contributed by atoms with van der Waals surface area (Å²) in [6.45, 7) is 4.92. The molecule has 1 amide bonds. The third-order valence-electron chi connectivity index (χ3n) is 5.03. The number of nitrogens with zero attached hydrogens (tertiary/aromatic N) is 1. The number of hydrogen-bond acceptors (Lipinski definition) is 3. The molecule has 6 nitrogen and oxygen atoms in total. The van der Waals surface area contributed by atoms with Gasteiger partial charge in [0.2, 0.25) is 0 Å². The normalized spacial score (nSPS) is 16.9. The molecule has 0 spiro atoms. The van der Waals surface area contributed by atoms with Crippen LogP contribution >= 0.6 is 0 Å². The zero-order chi connectivity index (χ0) is 17.4. The fourth-order valence-corrected chi connectivity index (χ4v) is 3.68. The number of carboxylic acid groups (broad SMARTS) is 1. The Kier molecular flexibility index (Phi) is 4.63. The van der Waals surface area contributed by atoms with E-state index in [-0.39, 0.29) is 11.7 Å². The van der Waals surface area contributed by atoms with Crippen molar-refractivity contribution in [1.29, 1.82) is 0 Å². The van der Waals surface area contributed by atoms with Gasteiger partial charge in [0, 0.05) is 18.3 Å². The van der Waals surface area contributed by atoms with Crippen molar-refractivity contribution in [2.45, 2.75) is 58.4 Å². The molecule has 1 saturated carbocycles. The van der Waals surface area contributed by atoms with Gasteiger partial charge in [-0.2, -0.15) is 0 Å². The number of rotatable bonds is 4. The second kappa shape index (κ2) is 6.18. The van der Waals surface area contributed by atoms with Crippen molar-refractivity contribution in [2.24, 2.45) is 0 Å². The van der Waals surface area contributed by atoms with E-state index in [9.17, 15) is 19.5 Å². The number of carbonyl (C=O) groups is 3. The van der Waals surface area contributed by atoms with Crippen molar-refractivity contribution in [3.63, 3.8) is 0 Å². The molecule has 1 aromatic heterocycles. The van der Waals surface area contributed by atoms with Crippen LogP contribution in [0, 0.1) is 13.8 Å². The number of carboxylic acids is 1. The largest absolute Gasteiger partial charge is 0.479 e. The van der Waals surface area contributed by atoms with E-state index in [0.717, 1.165) is 19.3 Å². The van der Waals surface area contributed by atoms with E-state index in [1.807, 2.05) is 0 Å². The van der Waals surface area contributed by atoms with Crippen LogP contribution in [0.4, 0.5) is 0 Å². The molecule has 0 atom stereocenters. The van der Waals surface area contributed by atoms with E-state index >= 15 is 0 Å². The van der Waals surface area contributed by atoms with E-state index in [2.05, 4.69) is 4.98 Å². The van der Waals surface area contributed by atoms with Gasteiger partial charge in [0.1, 0.15) is 11.2 Å². The Bertz CT molecular complexity index is 654. The summed E-state index contributed by atoms with van der Waals surface area (Å²) in [7, 11) is 1.55. The Morgan fingerprint density at radius 3 is 2.13 bits per heavy atom. The molecule has 0 unspecified atom stereocenters. The Balaban J connectivity index is 2.41. The molecule has 0 aliphatic heterocycles. The maximum atomic E-state index is 12.9. The summed E-state index contributed by atoms with van der Waals surface area (Å²) in [6, 6.07) is 0. The zero-order valence-electron chi connectivity index (χ0n) is 14.2. The summed E-state index contributed by atoms with van der Waals surface area (Å²) in [5, 5.41) is 9.71. The topological polar surface area (TPSA) is 90.5 Å². The van der Waals surface area contributed by atoms with E-state index in [4.69, 9.17) is 0 Å². The average molecular weight is 320 g/mol. The number of ketones is 1. The average Bonchev–Trinajstić information content (AvgIpc) is 2.81. The Morgan fingerprint density at radius 2 is 1.70 bits per heavy atom. The van der Waals surface area contributed by atoms with Crippen molar-refractivity contribution in [1.82, 2.24) is 9.88 Å². The summed E-state index contributed by atoms with van der Waals surface area (Å²) in [4.78, 5) is 40.8. The number of amides is 1. The minimum Gasteiger partial charge on any atom is -0.479 e. The summed E-state index contributed by atoms with van der Waals surface area (Å²) in [5.74, 6) is -1.44. The lowest BCUT2D eigenvalue weighted by molar-refractivity contribution is -0.151. The second-order valence-electron chi connectivity index (χ2n) is 6.44. The molecule has 0 aromatic carbocycles. The Morgan fingerprint density at radius 1 is 1.13 bits per heavy atom. The molecule has 0 bridgehead atoms. The molecule has 0 radical (unpaired) electrons. The van der Waals surface area contributed by atoms with Crippen molar-refractivity contribution < 1.29 is 19.5 Å². The number of Topliss-reactive ketones (excluding diaryl/α,β-unsaturated/α-hetero) is 1. The van der Waals surface area contributed by atoms with E-state index in [1.54, 1.807) is 20.9 Å². The number of hydrogen-bond donors (Lipinski definition) is 2. The predicted octanol–water partition coefficient (Wildman–Crippen LogP) is 2.69. The first-order valence-electron chi connectivity index (χ1n) is 7.94. The smallest absolute Gasteiger partial charge is 0.329 e. The lowest BCUT2D eigenvalue weighted by Crippen LogP contribution is -2.56. The minimum atomic E-state index is -1.16. The summed E-state index contributed by atoms with van der Waals surface area (Å²) >= 11 is 0. The van der Waals surface area contributed by atoms with Crippen LogP contribution in [0.3, 0.4) is 0 Å². The van der Waals surface area contributed by atoms with Crippen LogP contribution < -0.4 is 0 Å². The van der Waals surface area contributed by atoms with Gasteiger partial charge in [0.15, 0.2) is 5.78 Å². The molecule has 1 aromatic rings. The van der Waals surface area contributed by atoms with Gasteiger partial charge in [-0.05, 0) is 39.2 Å². The predicted molar refractivity (Wildman–Crippen MR) is 85.8 cm³/mol. The molecule has 1 heterocycles. The van der Waals surface area contributed by atoms with Crippen molar-refractivity contribution in [3.8, 4) is 0 Å². The van der Waals surface area contributed by atoms with Crippen LogP contribution in [0.1, 0.15) is 71.1 Å². The van der Waals surface area contributed by atoms with Crippen molar-refractivity contribution in [2.75, 3.05) is 7.05 Å². The minimum absolute atomic E-state index is 0.108. The lowest BCUT2D eigenvalue weighted by Gasteiger charge is -2.40. The molecule has 6 heteroatoms. The number of likely N-dealkylation sites (N-methyl/N-ethyl adjacent to an activating group) is 1. The molecule has 1 aliphatic rings. The number of carbonyl (C=O) groups excluding carboxylic acids is 2. The van der Waals surface area contributed by atoms with Gasteiger partial charge >= 0.3 is 5.97 Å². The number of H-pyrrole nitrogens is 1. The van der Waals surface area contributed by atoms with Crippen molar-refractivity contribution >= 4 is 17.7 Å². The molecule has 2 N–H and O–H groups in total. The Labute approximate surface area is 135 Å². The van der Waals surface area contributed by atoms with E-state index in [0.29, 0.717) is 35.4 Å². The molecule has 23 heavy (non-hydrogen) atoms. The quantitative estimate of drug-likeness (QED) is 0.835. The molecule has 1 aliphatic carbocycles. The summed E-state index contributed by atoms with van der Waals surface area (Å²) in [5.41, 5.74) is 0.885. The van der Waals surface area contributed by atoms with Crippen LogP contribution in [0.25, 0.3) is 0 Å². The van der Waals surface area contributed by atoms with Gasteiger partial charge in [0.25, 0.3) is 5.91 Å². The van der Waals surface area contributed by atoms with Crippen LogP contribution in [-0.4, -0.2) is 45.2 Å². The number of nitrogens with one attached hydrogen (secondary N) is 1. The molecule has 2 rings (SSSR count). The molecular weight excluding hydrogens is 296 g/mol. The third-order valence-corrected chi connectivity index (χ3v) is 5.03. The highest BCUT2D eigenvalue weighted by molar-refractivity contribution is 6.03. The first kappa shape index (κ1) is 17.2. The molecule has 1 fully saturated rings. The Hall–Kier alpha value is -2.11. The summed E-state index contributed by atoms with van der Waals surface area (Å²) < 4.78 is 0. The maximum absolute atomic E-state index is 12.9. The first-order chi connectivity index (χ1) is 10.7. The van der Waals surface area contributed by atoms with Crippen LogP contribution in [0.2, 0.25) is 0 Å². The second-order valence-corrected chi connectivity index (χ2v) is 6.44. The third kappa shape index (κ3) is 2.78. The lowest BCUT2D eigenvalue weighted by atomic mass is 9.80. The number of aromatic amines is 1. The SMILES string of the molecule is CC(=O)c1c(C)[nH]c(C(=O)N(C)C2(C(=O)O)CCCCC2)c1C. The van der Waals surface area contributed by atoms with Crippen LogP contribution in [0.15, 0.2) is 0 Å². The van der Waals surface area contributed by atoms with Gasteiger partial charge in [-0.1, -0.05) is 19.3 Å². The maximum Gasteiger partial charge on any atom is 0.329 e. The fraction of sp³-hybridized carbons (Fsp3) is 0.588. The zero-order valence-corrected chi connectivity index (χ0v) is 14.2. The van der Waals surface area contributed by atoms with Crippen molar-refractivity contribution in [3.05, 3.63) is 22.5 Å². The van der Waals surface area contributed by atoms with Gasteiger partial charge < -0.3 is 15.0 Å². The fourth-order valence-electron chi connectivity index (χ4n) is 3.68. The first-order valence-corrected chi connectivity index (χ1v) is 7.94. The number of aryl methyl sites for hydroxylation is 1.